The molecular formula is H5KO4Ti. The zero-order chi connectivity index (χ0) is 0. The van der Waals surface area contributed by atoms with Crippen LogP contribution in [0.4, 0.5) is 0 Å². The van der Waals surface area contributed by atoms with Crippen molar-refractivity contribution in [3.05, 3.63) is 0 Å². The molecule has 0 fully saturated rings. The zero-order valence-electron chi connectivity index (χ0n) is 3.34. The average molecular weight is 156 g/mol. The van der Waals surface area contributed by atoms with Crippen LogP contribution in [0.2, 0.25) is 0 Å². The summed E-state index contributed by atoms with van der Waals surface area (Å²) in [5.74, 6) is 0. The maximum Gasteiger partial charge on any atom is 3.00 e. The van der Waals surface area contributed by atoms with Gasteiger partial charge in [-0.2, -0.15) is 0 Å². The Hall–Kier alpha value is 2.19. The quantitative estimate of drug-likeness (QED) is 0.386. The first-order valence-electron chi connectivity index (χ1n) is 0. The van der Waals surface area contributed by atoms with E-state index in [1.165, 1.54) is 0 Å². The van der Waals surface area contributed by atoms with E-state index in [1.807, 2.05) is 0 Å². The van der Waals surface area contributed by atoms with Crippen molar-refractivity contribution in [2.24, 2.45) is 0 Å². The molecule has 0 aliphatic carbocycles. The minimum absolute atomic E-state index is 0. The molecule has 0 aliphatic rings. The standard InChI is InChI=1S/K.4H2O.Ti/h;4*1H2;/q;;;;;+3/p-3. The van der Waals surface area contributed by atoms with E-state index in [9.17, 15) is 0 Å². The van der Waals surface area contributed by atoms with Crippen molar-refractivity contribution in [2.75, 3.05) is 0 Å². The van der Waals surface area contributed by atoms with Gasteiger partial charge in [-0.3, -0.25) is 0 Å². The zero-order valence-corrected chi connectivity index (χ0v) is 8.03. The first-order valence-corrected chi connectivity index (χ1v) is 0. The fourth-order valence-corrected chi connectivity index (χ4v) is 0. The van der Waals surface area contributed by atoms with Gasteiger partial charge in [-0.1, -0.05) is 0 Å². The van der Waals surface area contributed by atoms with Crippen molar-refractivity contribution >= 4 is 51.4 Å². The van der Waals surface area contributed by atoms with Crippen LogP contribution in [0.15, 0.2) is 0 Å². The van der Waals surface area contributed by atoms with Gasteiger partial charge in [0.2, 0.25) is 0 Å². The normalized spacial score (nSPS) is 0. The molecule has 34 valence electrons. The second-order valence-electron chi connectivity index (χ2n) is 0. The summed E-state index contributed by atoms with van der Waals surface area (Å²) >= 11 is 0. The van der Waals surface area contributed by atoms with Crippen LogP contribution in [-0.2, 0) is 21.7 Å². The summed E-state index contributed by atoms with van der Waals surface area (Å²) in [6.45, 7) is 0. The van der Waals surface area contributed by atoms with E-state index >= 15 is 0 Å². The largest absolute Gasteiger partial charge is 3.00 e. The fourth-order valence-electron chi connectivity index (χ4n) is 0. The summed E-state index contributed by atoms with van der Waals surface area (Å²) in [5, 5.41) is 0. The van der Waals surface area contributed by atoms with Crippen LogP contribution in [0.25, 0.3) is 0 Å². The van der Waals surface area contributed by atoms with Gasteiger partial charge < -0.3 is 21.9 Å². The van der Waals surface area contributed by atoms with Gasteiger partial charge in [0.15, 0.2) is 0 Å². The molecule has 0 aromatic rings. The van der Waals surface area contributed by atoms with Crippen LogP contribution in [0, 0.1) is 0 Å². The third-order valence-corrected chi connectivity index (χ3v) is 0. The van der Waals surface area contributed by atoms with Gasteiger partial charge in [0.1, 0.15) is 0 Å². The topological polar surface area (TPSA) is 122 Å². The summed E-state index contributed by atoms with van der Waals surface area (Å²) in [5.41, 5.74) is 0. The predicted octanol–water partition coefficient (Wildman–Crippen LogP) is -1.74. The van der Waals surface area contributed by atoms with Crippen molar-refractivity contribution in [2.45, 2.75) is 0 Å². The Kier molecular flexibility index (Phi) is 845. The Labute approximate surface area is 93.2 Å². The van der Waals surface area contributed by atoms with Crippen LogP contribution in [0.3, 0.4) is 0 Å². The number of rotatable bonds is 0. The van der Waals surface area contributed by atoms with Gasteiger partial charge in [-0.15, -0.1) is 0 Å². The van der Waals surface area contributed by atoms with Crippen LogP contribution in [0.1, 0.15) is 0 Å². The second-order valence-corrected chi connectivity index (χ2v) is 0. The maximum absolute atomic E-state index is 0. The summed E-state index contributed by atoms with van der Waals surface area (Å²) in [7, 11) is 0. The molecule has 5 N–H and O–H groups in total. The Morgan fingerprint density at radius 3 is 0.667 bits per heavy atom. The molecule has 0 aliphatic heterocycles. The van der Waals surface area contributed by atoms with E-state index in [1.54, 1.807) is 0 Å². The Morgan fingerprint density at radius 2 is 0.667 bits per heavy atom. The maximum atomic E-state index is 0. The van der Waals surface area contributed by atoms with E-state index in [0.717, 1.165) is 0 Å². The van der Waals surface area contributed by atoms with E-state index in [0.29, 0.717) is 0 Å². The van der Waals surface area contributed by atoms with Crippen LogP contribution < -0.4 is 0 Å². The average Bonchev–Trinajstić information content (AvgIpc) is 0. The van der Waals surface area contributed by atoms with Gasteiger partial charge in [-0.25, -0.2) is 0 Å². The third kappa shape index (κ3) is 34.8. The molecule has 6 heavy (non-hydrogen) atoms. The second kappa shape index (κ2) is 57.4. The molecule has 0 spiro atoms. The molecule has 0 atom stereocenters. The molecule has 6 heteroatoms. The minimum Gasteiger partial charge on any atom is -0.870 e. The van der Waals surface area contributed by atoms with Crippen molar-refractivity contribution < 1.29 is 43.6 Å². The van der Waals surface area contributed by atoms with Crippen LogP contribution in [0.5, 0.6) is 0 Å². The molecule has 0 aromatic heterocycles. The van der Waals surface area contributed by atoms with Crippen molar-refractivity contribution in [1.82, 2.24) is 0 Å². The Morgan fingerprint density at radius 1 is 0.667 bits per heavy atom. The monoisotopic (exact) mass is 156 g/mol. The minimum atomic E-state index is 0. The molecule has 0 aromatic carbocycles. The molecule has 0 unspecified atom stereocenters. The van der Waals surface area contributed by atoms with E-state index in [4.69, 9.17) is 0 Å². The summed E-state index contributed by atoms with van der Waals surface area (Å²) < 4.78 is 0. The third-order valence-electron chi connectivity index (χ3n) is 0. The van der Waals surface area contributed by atoms with Gasteiger partial charge in [0.25, 0.3) is 0 Å². The first kappa shape index (κ1) is 88.2. The smallest absolute Gasteiger partial charge is 0.870 e. The van der Waals surface area contributed by atoms with E-state index in [2.05, 4.69) is 0 Å². The Bertz CT molecular complexity index is 7.51. The van der Waals surface area contributed by atoms with Crippen LogP contribution >= 0.6 is 0 Å². The predicted molar refractivity (Wildman–Crippen MR) is 15.2 cm³/mol. The Balaban J connectivity index is 0. The molecular weight excluding hydrogens is 151 g/mol. The summed E-state index contributed by atoms with van der Waals surface area (Å²) in [6, 6.07) is 0. The molecule has 0 bridgehead atoms. The molecule has 0 saturated carbocycles. The molecule has 4 nitrogen and oxygen atoms in total. The SMILES string of the molecule is O.[K].[OH-].[OH-].[OH-].[Ti+3]. The van der Waals surface area contributed by atoms with Gasteiger partial charge >= 0.3 is 21.7 Å². The molecule has 2 radical (unpaired) electrons. The van der Waals surface area contributed by atoms with Gasteiger partial charge in [-0.05, 0) is 0 Å². The summed E-state index contributed by atoms with van der Waals surface area (Å²) in [4.78, 5) is 0. The van der Waals surface area contributed by atoms with Crippen molar-refractivity contribution in [1.29, 1.82) is 0 Å². The molecule has 0 heterocycles. The van der Waals surface area contributed by atoms with Crippen molar-refractivity contribution in [3.8, 4) is 0 Å². The first-order chi connectivity index (χ1) is 0. The van der Waals surface area contributed by atoms with E-state index in [-0.39, 0.29) is 95.0 Å². The van der Waals surface area contributed by atoms with Crippen LogP contribution in [-0.4, -0.2) is 73.3 Å². The summed E-state index contributed by atoms with van der Waals surface area (Å²) in [6.07, 6.45) is 0. The number of hydrogen-bond acceptors (Lipinski definition) is 3. The molecule has 0 saturated heterocycles. The van der Waals surface area contributed by atoms with Crippen molar-refractivity contribution in [3.63, 3.8) is 0 Å². The van der Waals surface area contributed by atoms with Gasteiger partial charge in [0.05, 0.1) is 0 Å². The fraction of sp³-hybridized carbons (Fsp3) is 0. The van der Waals surface area contributed by atoms with E-state index < -0.39 is 0 Å². The molecule has 0 amide bonds. The van der Waals surface area contributed by atoms with Gasteiger partial charge in [0, 0.05) is 51.4 Å². The number of hydrogen-bond donors (Lipinski definition) is 0. The molecule has 0 rings (SSSR count).